The number of sulfone groups is 1. The first kappa shape index (κ1) is 28.2. The monoisotopic (exact) mass is 601 g/mol. The third-order valence-electron chi connectivity index (χ3n) is 7.79. The lowest BCUT2D eigenvalue weighted by molar-refractivity contribution is -0.174. The number of aliphatic hydroxyl groups is 1. The molecule has 4 aliphatic rings. The van der Waals surface area contributed by atoms with E-state index in [1.807, 2.05) is 0 Å². The summed E-state index contributed by atoms with van der Waals surface area (Å²) < 4.78 is 72.0. The van der Waals surface area contributed by atoms with Gasteiger partial charge in [0.25, 0.3) is 5.91 Å². The lowest BCUT2D eigenvalue weighted by Crippen LogP contribution is -2.66. The summed E-state index contributed by atoms with van der Waals surface area (Å²) in [7, 11) is -4.09. The molecular formula is C25H23ClF3N3O7S. The molecule has 4 fully saturated rings. The molecule has 3 amide bonds. The first-order valence-corrected chi connectivity index (χ1v) is 14.1. The van der Waals surface area contributed by atoms with E-state index in [4.69, 9.17) is 11.6 Å². The molecule has 6 rings (SSSR count). The largest absolute Gasteiger partial charge is 0.447 e. The Kier molecular flexibility index (Phi) is 7.21. The molecule has 10 nitrogen and oxygen atoms in total. The molecule has 2 bridgehead atoms. The first-order chi connectivity index (χ1) is 18.8. The van der Waals surface area contributed by atoms with Crippen molar-refractivity contribution in [3.8, 4) is 0 Å². The quantitative estimate of drug-likeness (QED) is 0.356. The van der Waals surface area contributed by atoms with E-state index in [2.05, 4.69) is 20.7 Å². The van der Waals surface area contributed by atoms with Crippen molar-refractivity contribution in [2.45, 2.75) is 41.1 Å². The number of cyclic esters (lactones) is 1. The number of alkyl carbamates (subject to hydrolysis) is 1. The number of rotatable bonds is 7. The zero-order valence-electron chi connectivity index (χ0n) is 20.5. The van der Waals surface area contributed by atoms with E-state index in [0.29, 0.717) is 18.6 Å². The van der Waals surface area contributed by atoms with Crippen LogP contribution in [0.25, 0.3) is 0 Å². The number of benzene rings is 2. The molecule has 3 atom stereocenters. The number of fused-ring (bicyclic) bond motifs is 2. The topological polar surface area (TPSA) is 151 Å². The van der Waals surface area contributed by atoms with Crippen LogP contribution in [0.15, 0.2) is 35.2 Å². The van der Waals surface area contributed by atoms with Gasteiger partial charge in [-0.25, -0.2) is 26.4 Å². The highest BCUT2D eigenvalue weighted by atomic mass is 35.5. The maximum Gasteiger partial charge on any atom is 0.407 e. The zero-order chi connectivity index (χ0) is 29.0. The number of carbonyl (C=O) groups is 3. The molecule has 40 heavy (non-hydrogen) atoms. The predicted molar refractivity (Wildman–Crippen MR) is 134 cm³/mol. The molecule has 3 saturated carbocycles. The van der Waals surface area contributed by atoms with E-state index < -0.39 is 73.9 Å². The maximum atomic E-state index is 13.6. The van der Waals surface area contributed by atoms with Gasteiger partial charge in [0, 0.05) is 29.9 Å². The van der Waals surface area contributed by atoms with Gasteiger partial charge in [-0.2, -0.15) is 0 Å². The van der Waals surface area contributed by atoms with Crippen molar-refractivity contribution in [3.63, 3.8) is 0 Å². The van der Waals surface area contributed by atoms with Gasteiger partial charge in [-0.1, -0.05) is 11.6 Å². The molecule has 0 radical (unpaired) electrons. The molecular weight excluding hydrogens is 579 g/mol. The SMILES string of the molecule is O=C1NC(C(=O)NCC2(O)C3CC2CC(S(=O)(=O)c2cc(C(=O)Nc4cc(F)c(F)c(F)c4)ccc2Cl)C3)CO1. The number of ether oxygens (including phenoxy) is 1. The van der Waals surface area contributed by atoms with E-state index in [0.717, 1.165) is 6.07 Å². The second-order valence-electron chi connectivity index (χ2n) is 10.1. The number of hydrogen-bond donors (Lipinski definition) is 4. The maximum absolute atomic E-state index is 13.6. The van der Waals surface area contributed by atoms with Crippen LogP contribution in [0.2, 0.25) is 5.02 Å². The van der Waals surface area contributed by atoms with Gasteiger partial charge in [-0.3, -0.25) is 9.59 Å². The van der Waals surface area contributed by atoms with Crippen molar-refractivity contribution in [1.29, 1.82) is 0 Å². The Morgan fingerprint density at radius 2 is 1.75 bits per heavy atom. The third kappa shape index (κ3) is 4.99. The summed E-state index contributed by atoms with van der Waals surface area (Å²) >= 11 is 6.20. The van der Waals surface area contributed by atoms with Gasteiger partial charge in [-0.05, 0) is 49.3 Å². The zero-order valence-corrected chi connectivity index (χ0v) is 22.1. The smallest absolute Gasteiger partial charge is 0.407 e. The van der Waals surface area contributed by atoms with E-state index in [-0.39, 0.29) is 47.2 Å². The predicted octanol–water partition coefficient (Wildman–Crippen LogP) is 2.54. The Morgan fingerprint density at radius 1 is 1.10 bits per heavy atom. The summed E-state index contributed by atoms with van der Waals surface area (Å²) in [4.78, 5) is 35.8. The number of nitrogens with one attached hydrogen (secondary N) is 3. The summed E-state index contributed by atoms with van der Waals surface area (Å²) in [6, 6.07) is 3.77. The molecule has 214 valence electrons. The fourth-order valence-corrected chi connectivity index (χ4v) is 7.95. The van der Waals surface area contributed by atoms with Gasteiger partial charge in [0.05, 0.1) is 20.8 Å². The molecule has 3 aliphatic carbocycles. The number of halogens is 4. The Hall–Kier alpha value is -3.36. The van der Waals surface area contributed by atoms with Gasteiger partial charge >= 0.3 is 6.09 Å². The highest BCUT2D eigenvalue weighted by Gasteiger charge is 2.60. The molecule has 15 heteroatoms. The minimum atomic E-state index is -4.09. The van der Waals surface area contributed by atoms with E-state index in [1.54, 1.807) is 0 Å². The summed E-state index contributed by atoms with van der Waals surface area (Å²) in [6.07, 6.45) is -0.00113. The van der Waals surface area contributed by atoms with Crippen molar-refractivity contribution in [3.05, 3.63) is 58.4 Å². The molecule has 4 N–H and O–H groups in total. The molecule has 0 aromatic heterocycles. The Labute approximate surface area is 231 Å². The van der Waals surface area contributed by atoms with Crippen molar-refractivity contribution in [1.82, 2.24) is 10.6 Å². The molecule has 1 heterocycles. The lowest BCUT2D eigenvalue weighted by Gasteiger charge is -2.58. The molecule has 1 aliphatic heterocycles. The van der Waals surface area contributed by atoms with Crippen LogP contribution in [-0.2, 0) is 19.4 Å². The van der Waals surface area contributed by atoms with Crippen molar-refractivity contribution < 1.29 is 45.8 Å². The Balaban J connectivity index is 1.27. The molecule has 0 spiro atoms. The van der Waals surface area contributed by atoms with Crippen LogP contribution in [0.3, 0.4) is 0 Å². The first-order valence-electron chi connectivity index (χ1n) is 12.2. The van der Waals surface area contributed by atoms with E-state index in [9.17, 15) is 41.1 Å². The summed E-state index contributed by atoms with van der Waals surface area (Å²) in [6.45, 7) is -0.257. The van der Waals surface area contributed by atoms with Crippen LogP contribution < -0.4 is 16.0 Å². The Bertz CT molecular complexity index is 1490. The second kappa shape index (κ2) is 10.2. The third-order valence-corrected chi connectivity index (χ3v) is 10.4. The number of carbonyl (C=O) groups excluding carboxylic acids is 3. The van der Waals surface area contributed by atoms with Gasteiger partial charge in [0.2, 0.25) is 5.91 Å². The number of hydrogen-bond acceptors (Lipinski definition) is 7. The van der Waals surface area contributed by atoms with E-state index >= 15 is 0 Å². The van der Waals surface area contributed by atoms with Gasteiger partial charge in [0.1, 0.15) is 12.6 Å². The summed E-state index contributed by atoms with van der Waals surface area (Å²) in [5.74, 6) is -7.02. The molecule has 1 saturated heterocycles. The van der Waals surface area contributed by atoms with Gasteiger partial charge in [0.15, 0.2) is 27.3 Å². The number of amides is 3. The minimum absolute atomic E-state index is 0.0787. The van der Waals surface area contributed by atoms with Gasteiger partial charge in [-0.15, -0.1) is 0 Å². The van der Waals surface area contributed by atoms with Crippen molar-refractivity contribution >= 4 is 45.0 Å². The fraction of sp³-hybridized carbons (Fsp3) is 0.400. The summed E-state index contributed by atoms with van der Waals surface area (Å²) in [5.41, 5.74) is -1.87. The van der Waals surface area contributed by atoms with Crippen molar-refractivity contribution in [2.75, 3.05) is 18.5 Å². The van der Waals surface area contributed by atoms with Crippen LogP contribution in [0.5, 0.6) is 0 Å². The normalized spacial score (nSPS) is 27.3. The van der Waals surface area contributed by atoms with Crippen LogP contribution in [0.1, 0.15) is 29.6 Å². The lowest BCUT2D eigenvalue weighted by atomic mass is 9.53. The van der Waals surface area contributed by atoms with Crippen LogP contribution in [0.4, 0.5) is 23.7 Å². The fourth-order valence-electron chi connectivity index (χ4n) is 5.55. The molecule has 2 aromatic rings. The second-order valence-corrected chi connectivity index (χ2v) is 12.7. The number of anilines is 1. The van der Waals surface area contributed by atoms with Crippen LogP contribution >= 0.6 is 11.6 Å². The van der Waals surface area contributed by atoms with Gasteiger partial charge < -0.3 is 25.8 Å². The standard InChI is InChI=1S/C25H23ClF3N3O7S/c26-16-2-1-11(22(33)31-14-7-17(27)21(29)18(28)8-14)3-20(16)40(37,38)15-5-12-4-13(6-15)25(12,36)10-30-23(34)19-9-39-24(35)32-19/h1-3,7-8,12-13,15,19,36H,4-6,9-10H2,(H,30,34)(H,31,33)(H,32,35). The molecule has 2 aromatic carbocycles. The Morgan fingerprint density at radius 3 is 2.35 bits per heavy atom. The average molecular weight is 602 g/mol. The van der Waals surface area contributed by atoms with E-state index in [1.165, 1.54) is 12.1 Å². The molecule has 3 unspecified atom stereocenters. The highest BCUT2D eigenvalue weighted by Crippen LogP contribution is 2.55. The van der Waals surface area contributed by atoms with Crippen molar-refractivity contribution in [2.24, 2.45) is 11.8 Å². The van der Waals surface area contributed by atoms with Crippen LogP contribution in [-0.4, -0.2) is 61.5 Å². The summed E-state index contributed by atoms with van der Waals surface area (Å²) in [5, 5.41) is 17.2. The minimum Gasteiger partial charge on any atom is -0.447 e. The average Bonchev–Trinajstić information content (AvgIpc) is 3.36. The highest BCUT2D eigenvalue weighted by molar-refractivity contribution is 7.92. The van der Waals surface area contributed by atoms with Crippen LogP contribution in [0, 0.1) is 29.3 Å².